The Morgan fingerprint density at radius 3 is 2.82 bits per heavy atom. The Labute approximate surface area is 197 Å². The zero-order valence-electron chi connectivity index (χ0n) is 18.6. The minimum atomic E-state index is 0.546. The van der Waals surface area contributed by atoms with Gasteiger partial charge in [-0.2, -0.15) is 0 Å². The predicted molar refractivity (Wildman–Crippen MR) is 131 cm³/mol. The summed E-state index contributed by atoms with van der Waals surface area (Å²) in [6, 6.07) is 9.45. The number of furan rings is 1. The van der Waals surface area contributed by atoms with Crippen molar-refractivity contribution in [1.82, 2.24) is 14.9 Å². The fourth-order valence-electron chi connectivity index (χ4n) is 4.33. The lowest BCUT2D eigenvalue weighted by Crippen LogP contribution is -2.31. The van der Waals surface area contributed by atoms with Gasteiger partial charge in [-0.05, 0) is 56.6 Å². The summed E-state index contributed by atoms with van der Waals surface area (Å²) in [6.07, 6.45) is 8.09. The van der Waals surface area contributed by atoms with E-state index < -0.39 is 0 Å². The van der Waals surface area contributed by atoms with Gasteiger partial charge in [0.05, 0.1) is 30.5 Å². The number of hydrogen-bond donors (Lipinski definition) is 1. The van der Waals surface area contributed by atoms with Crippen molar-refractivity contribution in [2.45, 2.75) is 25.7 Å². The molecule has 2 aromatic heterocycles. The van der Waals surface area contributed by atoms with Gasteiger partial charge in [0, 0.05) is 23.4 Å². The van der Waals surface area contributed by atoms with Crippen LogP contribution in [0.5, 0.6) is 11.5 Å². The van der Waals surface area contributed by atoms with E-state index >= 15 is 0 Å². The maximum Gasteiger partial charge on any atom is 0.163 e. The van der Waals surface area contributed by atoms with E-state index in [0.717, 1.165) is 29.3 Å². The molecular weight excluding hydrogens is 440 g/mol. The highest BCUT2D eigenvalue weighted by atomic mass is 35.5. The van der Waals surface area contributed by atoms with Crippen LogP contribution in [-0.2, 0) is 0 Å². The maximum atomic E-state index is 6.46. The third-order valence-corrected chi connectivity index (χ3v) is 6.37. The average Bonchev–Trinajstić information content (AvgIpc) is 3.33. The molecule has 0 amide bonds. The third-order valence-electron chi connectivity index (χ3n) is 6.06. The Hall–Kier alpha value is -3.03. The molecule has 0 saturated carbocycles. The molecule has 5 rings (SSSR count). The van der Waals surface area contributed by atoms with Gasteiger partial charge < -0.3 is 24.1 Å². The molecule has 0 aliphatic carbocycles. The van der Waals surface area contributed by atoms with E-state index in [-0.39, 0.29) is 0 Å². The van der Waals surface area contributed by atoms with Gasteiger partial charge >= 0.3 is 0 Å². The van der Waals surface area contributed by atoms with Gasteiger partial charge in [-0.25, -0.2) is 9.97 Å². The van der Waals surface area contributed by atoms with E-state index in [2.05, 4.69) is 20.2 Å². The number of halogens is 1. The first kappa shape index (κ1) is 21.8. The Morgan fingerprint density at radius 2 is 1.97 bits per heavy atom. The monoisotopic (exact) mass is 466 g/mol. The lowest BCUT2D eigenvalue weighted by atomic mass is 10.1. The van der Waals surface area contributed by atoms with E-state index in [1.54, 1.807) is 13.4 Å². The van der Waals surface area contributed by atoms with Crippen LogP contribution in [0.4, 0.5) is 11.5 Å². The summed E-state index contributed by atoms with van der Waals surface area (Å²) >= 11 is 6.46. The quantitative estimate of drug-likeness (QED) is 0.317. The van der Waals surface area contributed by atoms with Crippen LogP contribution in [0, 0.1) is 0 Å². The zero-order chi connectivity index (χ0) is 22.6. The number of piperidine rings is 1. The minimum Gasteiger partial charge on any atom is -0.493 e. The Morgan fingerprint density at radius 1 is 1.09 bits per heavy atom. The lowest BCUT2D eigenvalue weighted by Gasteiger charge is -2.26. The molecule has 7 nitrogen and oxygen atoms in total. The van der Waals surface area contributed by atoms with Crippen molar-refractivity contribution in [3.05, 3.63) is 47.9 Å². The van der Waals surface area contributed by atoms with Crippen LogP contribution < -0.4 is 14.8 Å². The number of anilines is 2. The topological polar surface area (TPSA) is 72.6 Å². The summed E-state index contributed by atoms with van der Waals surface area (Å²) in [5.41, 5.74) is 2.09. The molecule has 1 N–H and O–H groups in total. The van der Waals surface area contributed by atoms with Crippen molar-refractivity contribution in [1.29, 1.82) is 0 Å². The molecule has 0 radical (unpaired) electrons. The van der Waals surface area contributed by atoms with Crippen molar-refractivity contribution in [2.24, 2.45) is 0 Å². The van der Waals surface area contributed by atoms with Crippen LogP contribution in [0.25, 0.3) is 21.9 Å². The Kier molecular flexibility index (Phi) is 6.51. The van der Waals surface area contributed by atoms with Gasteiger partial charge in [0.2, 0.25) is 0 Å². The molecule has 33 heavy (non-hydrogen) atoms. The van der Waals surface area contributed by atoms with Gasteiger partial charge in [0.1, 0.15) is 17.8 Å². The Bertz CT molecular complexity index is 1250. The zero-order valence-corrected chi connectivity index (χ0v) is 19.4. The summed E-state index contributed by atoms with van der Waals surface area (Å²) in [7, 11) is 1.64. The van der Waals surface area contributed by atoms with Crippen LogP contribution >= 0.6 is 11.6 Å². The van der Waals surface area contributed by atoms with Crippen LogP contribution in [-0.4, -0.2) is 48.2 Å². The van der Waals surface area contributed by atoms with Gasteiger partial charge in [0.25, 0.3) is 0 Å². The molecule has 1 aliphatic heterocycles. The molecule has 2 aromatic carbocycles. The molecule has 0 bridgehead atoms. The second-order valence-corrected chi connectivity index (χ2v) is 8.64. The van der Waals surface area contributed by atoms with Gasteiger partial charge in [-0.1, -0.05) is 18.0 Å². The normalized spacial score (nSPS) is 14.6. The van der Waals surface area contributed by atoms with E-state index in [4.69, 9.17) is 25.5 Å². The number of nitrogens with zero attached hydrogens (tertiary/aromatic N) is 3. The molecule has 1 aliphatic rings. The molecule has 1 saturated heterocycles. The number of likely N-dealkylation sites (tertiary alicyclic amines) is 1. The van der Waals surface area contributed by atoms with Crippen LogP contribution in [0.1, 0.15) is 25.7 Å². The molecule has 3 heterocycles. The van der Waals surface area contributed by atoms with E-state index in [0.29, 0.717) is 40.2 Å². The smallest absolute Gasteiger partial charge is 0.163 e. The number of hydrogen-bond acceptors (Lipinski definition) is 7. The van der Waals surface area contributed by atoms with E-state index in [9.17, 15) is 0 Å². The van der Waals surface area contributed by atoms with Crippen molar-refractivity contribution in [3.63, 3.8) is 0 Å². The van der Waals surface area contributed by atoms with Gasteiger partial charge in [-0.3, -0.25) is 0 Å². The van der Waals surface area contributed by atoms with Crippen LogP contribution in [0.3, 0.4) is 0 Å². The molecule has 1 fully saturated rings. The fourth-order valence-corrected chi connectivity index (χ4v) is 4.53. The van der Waals surface area contributed by atoms with Crippen molar-refractivity contribution in [2.75, 3.05) is 38.7 Å². The fraction of sp³-hybridized carbons (Fsp3) is 0.360. The van der Waals surface area contributed by atoms with Crippen LogP contribution in [0.15, 0.2) is 47.3 Å². The number of nitrogens with one attached hydrogen (secondary N) is 1. The standard InChI is InChI=1S/C25H27ClN4O3/c1-31-21-14-18-20(15-22(21)32-12-5-11-30-9-3-2-4-10-30)27-16-28-25(18)29-23-19(26)7-6-17-8-13-33-24(17)23/h6-8,13-16H,2-5,9-12H2,1H3,(H,27,28,29). The molecule has 8 heteroatoms. The highest BCUT2D eigenvalue weighted by Gasteiger charge is 2.16. The lowest BCUT2D eigenvalue weighted by molar-refractivity contribution is 0.203. The number of ether oxygens (including phenoxy) is 2. The highest BCUT2D eigenvalue weighted by molar-refractivity contribution is 6.35. The second kappa shape index (κ2) is 9.85. The first-order chi connectivity index (χ1) is 16.2. The minimum absolute atomic E-state index is 0.546. The largest absolute Gasteiger partial charge is 0.493 e. The summed E-state index contributed by atoms with van der Waals surface area (Å²) in [5.74, 6) is 1.93. The summed E-state index contributed by atoms with van der Waals surface area (Å²) in [4.78, 5) is 11.4. The highest BCUT2D eigenvalue weighted by Crippen LogP contribution is 2.38. The molecular formula is C25H27ClN4O3. The van der Waals surface area contributed by atoms with E-state index in [1.807, 2.05) is 30.3 Å². The third kappa shape index (κ3) is 4.70. The number of fused-ring (bicyclic) bond motifs is 2. The number of rotatable bonds is 8. The van der Waals surface area contributed by atoms with Crippen molar-refractivity contribution >= 4 is 45.0 Å². The molecule has 4 aromatic rings. The second-order valence-electron chi connectivity index (χ2n) is 8.23. The maximum absolute atomic E-state index is 6.46. The van der Waals surface area contributed by atoms with Gasteiger partial charge in [-0.15, -0.1) is 0 Å². The predicted octanol–water partition coefficient (Wildman–Crippen LogP) is 6.04. The first-order valence-electron chi connectivity index (χ1n) is 11.3. The van der Waals surface area contributed by atoms with Crippen molar-refractivity contribution < 1.29 is 13.9 Å². The first-order valence-corrected chi connectivity index (χ1v) is 11.7. The summed E-state index contributed by atoms with van der Waals surface area (Å²) in [5, 5.41) is 5.63. The number of benzene rings is 2. The molecule has 0 atom stereocenters. The molecule has 0 spiro atoms. The Balaban J connectivity index is 1.37. The summed E-state index contributed by atoms with van der Waals surface area (Å²) < 4.78 is 17.3. The van der Waals surface area contributed by atoms with Gasteiger partial charge in [0.15, 0.2) is 17.1 Å². The average molecular weight is 467 g/mol. The SMILES string of the molecule is COc1cc2c(Nc3c(Cl)ccc4ccoc34)ncnc2cc1OCCCN1CCCCC1. The summed E-state index contributed by atoms with van der Waals surface area (Å²) in [6.45, 7) is 4.08. The van der Waals surface area contributed by atoms with E-state index in [1.165, 1.54) is 38.7 Å². The molecule has 172 valence electrons. The van der Waals surface area contributed by atoms with Crippen molar-refractivity contribution in [3.8, 4) is 11.5 Å². The number of aromatic nitrogens is 2. The number of methoxy groups -OCH3 is 1. The molecule has 0 unspecified atom stereocenters. The van der Waals surface area contributed by atoms with Crippen LogP contribution in [0.2, 0.25) is 5.02 Å².